The Morgan fingerprint density at radius 2 is 2.50 bits per heavy atom. The van der Waals surface area contributed by atoms with E-state index in [1.165, 1.54) is 13.5 Å². The smallest absolute Gasteiger partial charge is 0.322 e. The van der Waals surface area contributed by atoms with Gasteiger partial charge in [0, 0.05) is 13.2 Å². The normalized spacial score (nSPS) is 24.3. The summed E-state index contributed by atoms with van der Waals surface area (Å²) in [6.07, 6.45) is 2.31. The average molecular weight is 201 g/mol. The van der Waals surface area contributed by atoms with Crippen LogP contribution in [0.3, 0.4) is 0 Å². The number of methoxy groups -OCH3 is 1. The molecule has 0 saturated carbocycles. The Morgan fingerprint density at radius 3 is 3.07 bits per heavy atom. The predicted octanol–water partition coefficient (Wildman–Crippen LogP) is 0.564. The lowest BCUT2D eigenvalue weighted by Crippen LogP contribution is -2.39. The maximum atomic E-state index is 11.1. The molecule has 0 radical (unpaired) electrons. The maximum absolute atomic E-state index is 11.1. The summed E-state index contributed by atoms with van der Waals surface area (Å²) in [7, 11) is 1.41. The highest BCUT2D eigenvalue weighted by Crippen LogP contribution is 2.12. The second-order valence-electron chi connectivity index (χ2n) is 3.74. The zero-order valence-electron chi connectivity index (χ0n) is 8.91. The molecule has 0 aromatic carbocycles. The van der Waals surface area contributed by atoms with Gasteiger partial charge in [0.25, 0.3) is 0 Å². The van der Waals surface area contributed by atoms with Crippen LogP contribution in [0, 0.1) is 5.92 Å². The summed E-state index contributed by atoms with van der Waals surface area (Å²) in [5.74, 6) is 0.331. The lowest BCUT2D eigenvalue weighted by molar-refractivity contribution is -0.142. The van der Waals surface area contributed by atoms with Crippen LogP contribution in [0.1, 0.15) is 19.8 Å². The molecule has 0 amide bonds. The van der Waals surface area contributed by atoms with Crippen LogP contribution in [0.2, 0.25) is 0 Å². The Labute approximate surface area is 85.0 Å². The van der Waals surface area contributed by atoms with Gasteiger partial charge in [-0.2, -0.15) is 0 Å². The van der Waals surface area contributed by atoms with Gasteiger partial charge in [0.1, 0.15) is 6.04 Å². The van der Waals surface area contributed by atoms with E-state index in [1.54, 1.807) is 0 Å². The second kappa shape index (κ2) is 5.98. The summed E-state index contributed by atoms with van der Waals surface area (Å²) in [4.78, 5) is 11.1. The van der Waals surface area contributed by atoms with Crippen LogP contribution in [0.25, 0.3) is 0 Å². The van der Waals surface area contributed by atoms with Gasteiger partial charge < -0.3 is 14.8 Å². The van der Waals surface area contributed by atoms with Crippen molar-refractivity contribution < 1.29 is 14.3 Å². The topological polar surface area (TPSA) is 47.6 Å². The fraction of sp³-hybridized carbons (Fsp3) is 0.900. The van der Waals surface area contributed by atoms with Crippen LogP contribution in [0.5, 0.6) is 0 Å². The Balaban J connectivity index is 2.15. The summed E-state index contributed by atoms with van der Waals surface area (Å²) in [5, 5.41) is 3.15. The van der Waals surface area contributed by atoms with E-state index in [0.717, 1.165) is 26.2 Å². The number of carbonyl (C=O) groups excluding carboxylic acids is 1. The maximum Gasteiger partial charge on any atom is 0.322 e. The van der Waals surface area contributed by atoms with Crippen molar-refractivity contribution in [2.45, 2.75) is 25.8 Å². The SMILES string of the molecule is COC(=O)C(C)NCC1CCCOC1. The highest BCUT2D eigenvalue weighted by molar-refractivity contribution is 5.75. The van der Waals surface area contributed by atoms with E-state index in [4.69, 9.17) is 4.74 Å². The Kier molecular flexibility index (Phi) is 4.90. The van der Waals surface area contributed by atoms with E-state index in [-0.39, 0.29) is 12.0 Å². The number of carbonyl (C=O) groups is 1. The Hall–Kier alpha value is -0.610. The number of rotatable bonds is 4. The fourth-order valence-electron chi connectivity index (χ4n) is 1.57. The first-order valence-corrected chi connectivity index (χ1v) is 5.13. The molecule has 0 spiro atoms. The fourth-order valence-corrected chi connectivity index (χ4v) is 1.57. The summed E-state index contributed by atoms with van der Waals surface area (Å²) < 4.78 is 9.96. The summed E-state index contributed by atoms with van der Waals surface area (Å²) in [6.45, 7) is 4.33. The van der Waals surface area contributed by atoms with E-state index in [2.05, 4.69) is 10.1 Å². The van der Waals surface area contributed by atoms with Crippen molar-refractivity contribution in [2.24, 2.45) is 5.92 Å². The van der Waals surface area contributed by atoms with Gasteiger partial charge in [-0.3, -0.25) is 4.79 Å². The molecule has 1 rings (SSSR count). The van der Waals surface area contributed by atoms with E-state index < -0.39 is 0 Å². The molecule has 1 heterocycles. The number of nitrogens with one attached hydrogen (secondary N) is 1. The van der Waals surface area contributed by atoms with Crippen molar-refractivity contribution in [3.05, 3.63) is 0 Å². The minimum Gasteiger partial charge on any atom is -0.468 e. The van der Waals surface area contributed by atoms with Crippen molar-refractivity contribution >= 4 is 5.97 Å². The van der Waals surface area contributed by atoms with Gasteiger partial charge in [-0.1, -0.05) is 0 Å². The van der Waals surface area contributed by atoms with E-state index in [9.17, 15) is 4.79 Å². The van der Waals surface area contributed by atoms with Gasteiger partial charge in [0.2, 0.25) is 0 Å². The first kappa shape index (κ1) is 11.5. The second-order valence-corrected chi connectivity index (χ2v) is 3.74. The van der Waals surface area contributed by atoms with Gasteiger partial charge in [-0.25, -0.2) is 0 Å². The number of hydrogen-bond donors (Lipinski definition) is 1. The summed E-state index contributed by atoms with van der Waals surface area (Å²) in [6, 6.07) is -0.220. The molecule has 1 N–H and O–H groups in total. The third-order valence-corrected chi connectivity index (χ3v) is 2.52. The standard InChI is InChI=1S/C10H19NO3/c1-8(10(12)13-2)11-6-9-4-3-5-14-7-9/h8-9,11H,3-7H2,1-2H3. The number of hydrogen-bond acceptors (Lipinski definition) is 4. The lowest BCUT2D eigenvalue weighted by Gasteiger charge is -2.23. The largest absolute Gasteiger partial charge is 0.468 e. The molecule has 1 fully saturated rings. The Bertz CT molecular complexity index is 178. The van der Waals surface area contributed by atoms with Crippen molar-refractivity contribution in [2.75, 3.05) is 26.9 Å². The zero-order chi connectivity index (χ0) is 10.4. The number of ether oxygens (including phenoxy) is 2. The van der Waals surface area contributed by atoms with E-state index in [1.807, 2.05) is 6.92 Å². The monoisotopic (exact) mass is 201 g/mol. The Morgan fingerprint density at radius 1 is 1.71 bits per heavy atom. The molecular formula is C10H19NO3. The predicted molar refractivity (Wildman–Crippen MR) is 53.0 cm³/mol. The van der Waals surface area contributed by atoms with Gasteiger partial charge >= 0.3 is 5.97 Å². The van der Waals surface area contributed by atoms with Crippen molar-refractivity contribution in [3.63, 3.8) is 0 Å². The van der Waals surface area contributed by atoms with E-state index >= 15 is 0 Å². The van der Waals surface area contributed by atoms with Crippen LogP contribution >= 0.6 is 0 Å². The first-order chi connectivity index (χ1) is 6.74. The molecule has 0 aromatic rings. The van der Waals surface area contributed by atoms with Crippen LogP contribution in [0.4, 0.5) is 0 Å². The van der Waals surface area contributed by atoms with Gasteiger partial charge in [-0.05, 0) is 25.7 Å². The van der Waals surface area contributed by atoms with Crippen LogP contribution in [-0.2, 0) is 14.3 Å². The third kappa shape index (κ3) is 3.64. The molecule has 14 heavy (non-hydrogen) atoms. The minimum atomic E-state index is -0.220. The first-order valence-electron chi connectivity index (χ1n) is 5.13. The van der Waals surface area contributed by atoms with Gasteiger partial charge in [0.15, 0.2) is 0 Å². The molecule has 4 nitrogen and oxygen atoms in total. The van der Waals surface area contributed by atoms with Crippen molar-refractivity contribution in [3.8, 4) is 0 Å². The molecule has 1 aliphatic rings. The molecule has 82 valence electrons. The molecule has 1 aliphatic heterocycles. The lowest BCUT2D eigenvalue weighted by atomic mass is 10.0. The van der Waals surface area contributed by atoms with Crippen LogP contribution < -0.4 is 5.32 Å². The third-order valence-electron chi connectivity index (χ3n) is 2.52. The molecule has 2 unspecified atom stereocenters. The molecule has 0 aromatic heterocycles. The van der Waals surface area contributed by atoms with Crippen LogP contribution in [0.15, 0.2) is 0 Å². The van der Waals surface area contributed by atoms with Crippen molar-refractivity contribution in [1.29, 1.82) is 0 Å². The highest BCUT2D eigenvalue weighted by atomic mass is 16.5. The summed E-state index contributed by atoms with van der Waals surface area (Å²) >= 11 is 0. The van der Waals surface area contributed by atoms with Crippen molar-refractivity contribution in [1.82, 2.24) is 5.32 Å². The highest BCUT2D eigenvalue weighted by Gasteiger charge is 2.17. The molecule has 2 atom stereocenters. The molecule has 4 heteroatoms. The quantitative estimate of drug-likeness (QED) is 0.675. The van der Waals surface area contributed by atoms with E-state index in [0.29, 0.717) is 5.92 Å². The molecular weight excluding hydrogens is 182 g/mol. The zero-order valence-corrected chi connectivity index (χ0v) is 8.91. The van der Waals surface area contributed by atoms with Gasteiger partial charge in [-0.15, -0.1) is 0 Å². The number of esters is 1. The average Bonchev–Trinajstić information content (AvgIpc) is 2.26. The van der Waals surface area contributed by atoms with Gasteiger partial charge in [0.05, 0.1) is 13.7 Å². The molecule has 0 aliphatic carbocycles. The minimum absolute atomic E-state index is 0.207. The van der Waals surface area contributed by atoms with Crippen LogP contribution in [-0.4, -0.2) is 38.9 Å². The molecule has 1 saturated heterocycles. The molecule has 0 bridgehead atoms. The summed E-state index contributed by atoms with van der Waals surface area (Å²) in [5.41, 5.74) is 0.